The second-order valence-corrected chi connectivity index (χ2v) is 4.06. The summed E-state index contributed by atoms with van der Waals surface area (Å²) >= 11 is 0. The van der Waals surface area contributed by atoms with Gasteiger partial charge in [0.25, 0.3) is 5.91 Å². The van der Waals surface area contributed by atoms with Crippen molar-refractivity contribution in [2.75, 3.05) is 13.1 Å². The zero-order chi connectivity index (χ0) is 13.4. The molecule has 5 nitrogen and oxygen atoms in total. The molecule has 0 heterocycles. The number of hydrogen-bond donors (Lipinski definition) is 3. The fourth-order valence-electron chi connectivity index (χ4n) is 1.60. The van der Waals surface area contributed by atoms with Gasteiger partial charge in [-0.15, -0.1) is 0 Å². The van der Waals surface area contributed by atoms with E-state index in [4.69, 9.17) is 11.5 Å². The average Bonchev–Trinajstić information content (AvgIpc) is 2.35. The third-order valence-corrected chi connectivity index (χ3v) is 2.51. The van der Waals surface area contributed by atoms with Crippen molar-refractivity contribution in [3.8, 4) is 0 Å². The van der Waals surface area contributed by atoms with Crippen LogP contribution in [-0.4, -0.2) is 24.9 Å². The van der Waals surface area contributed by atoms with Gasteiger partial charge < -0.3 is 16.8 Å². The summed E-state index contributed by atoms with van der Waals surface area (Å²) in [4.78, 5) is 22.3. The predicted octanol–water partition coefficient (Wildman–Crippen LogP) is 0.183. The molecule has 0 unspecified atom stereocenters. The Bertz CT molecular complexity index is 418. The summed E-state index contributed by atoms with van der Waals surface area (Å²) < 4.78 is 0. The van der Waals surface area contributed by atoms with Crippen LogP contribution < -0.4 is 16.8 Å². The molecule has 0 aliphatic heterocycles. The van der Waals surface area contributed by atoms with E-state index in [2.05, 4.69) is 5.32 Å². The van der Waals surface area contributed by atoms with Gasteiger partial charge in [-0.05, 0) is 37.1 Å². The van der Waals surface area contributed by atoms with E-state index in [-0.39, 0.29) is 18.2 Å². The van der Waals surface area contributed by atoms with Crippen LogP contribution in [0.2, 0.25) is 0 Å². The van der Waals surface area contributed by atoms with Crippen LogP contribution in [0.1, 0.15) is 28.8 Å². The first-order valence-corrected chi connectivity index (χ1v) is 5.99. The number of carbonyl (C=O) groups is 2. The molecule has 0 bridgehead atoms. The van der Waals surface area contributed by atoms with E-state index in [9.17, 15) is 9.59 Å². The highest BCUT2D eigenvalue weighted by Gasteiger charge is 2.05. The van der Waals surface area contributed by atoms with E-state index < -0.39 is 0 Å². The molecular formula is C13H19N3O2. The normalized spacial score (nSPS) is 10.1. The van der Waals surface area contributed by atoms with Gasteiger partial charge in [0.1, 0.15) is 0 Å². The highest BCUT2D eigenvalue weighted by Crippen LogP contribution is 2.05. The summed E-state index contributed by atoms with van der Waals surface area (Å²) in [6.45, 7) is 1.01. The van der Waals surface area contributed by atoms with Gasteiger partial charge in [0.2, 0.25) is 5.91 Å². The Labute approximate surface area is 107 Å². The van der Waals surface area contributed by atoms with E-state index in [0.29, 0.717) is 25.1 Å². The monoisotopic (exact) mass is 249 g/mol. The molecule has 0 aliphatic carbocycles. The summed E-state index contributed by atoms with van der Waals surface area (Å²) in [5.74, 6) is -0.493. The van der Waals surface area contributed by atoms with Crippen molar-refractivity contribution in [1.29, 1.82) is 0 Å². The summed E-state index contributed by atoms with van der Waals surface area (Å²) in [6, 6.07) is 7.36. The van der Waals surface area contributed by atoms with Crippen LogP contribution in [0.15, 0.2) is 24.3 Å². The lowest BCUT2D eigenvalue weighted by molar-refractivity contribution is -0.118. The van der Waals surface area contributed by atoms with E-state index >= 15 is 0 Å². The number of benzene rings is 1. The Kier molecular flexibility index (Phi) is 5.87. The van der Waals surface area contributed by atoms with Crippen molar-refractivity contribution < 1.29 is 9.59 Å². The fraction of sp³-hybridized carbons (Fsp3) is 0.385. The summed E-state index contributed by atoms with van der Waals surface area (Å²) in [5.41, 5.74) is 12.1. The van der Waals surface area contributed by atoms with E-state index in [1.165, 1.54) is 0 Å². The molecule has 2 amide bonds. The third-order valence-electron chi connectivity index (χ3n) is 2.51. The van der Waals surface area contributed by atoms with Gasteiger partial charge in [-0.2, -0.15) is 0 Å². The van der Waals surface area contributed by atoms with Gasteiger partial charge in [0.05, 0.1) is 0 Å². The lowest BCUT2D eigenvalue weighted by Gasteiger charge is -2.06. The van der Waals surface area contributed by atoms with Crippen molar-refractivity contribution in [3.63, 3.8) is 0 Å². The summed E-state index contributed by atoms with van der Waals surface area (Å²) in [6.07, 6.45) is 1.60. The molecule has 1 aromatic rings. The summed E-state index contributed by atoms with van der Waals surface area (Å²) in [5, 5.41) is 2.75. The maximum atomic E-state index is 11.8. The van der Waals surface area contributed by atoms with Gasteiger partial charge in [-0.25, -0.2) is 0 Å². The SMILES string of the molecule is NCCc1cccc(C(=O)NCCCC(N)=O)c1. The molecule has 0 aromatic heterocycles. The number of rotatable bonds is 7. The lowest BCUT2D eigenvalue weighted by atomic mass is 10.1. The lowest BCUT2D eigenvalue weighted by Crippen LogP contribution is -2.25. The molecule has 18 heavy (non-hydrogen) atoms. The predicted molar refractivity (Wildman–Crippen MR) is 70.0 cm³/mol. The molecule has 5 heteroatoms. The first-order valence-electron chi connectivity index (χ1n) is 5.99. The second kappa shape index (κ2) is 7.45. The number of nitrogens with two attached hydrogens (primary N) is 2. The minimum atomic E-state index is -0.353. The minimum absolute atomic E-state index is 0.140. The molecule has 0 saturated carbocycles. The van der Waals surface area contributed by atoms with E-state index in [1.807, 2.05) is 18.2 Å². The maximum absolute atomic E-state index is 11.8. The van der Waals surface area contributed by atoms with Crippen LogP contribution >= 0.6 is 0 Å². The number of amides is 2. The number of hydrogen-bond acceptors (Lipinski definition) is 3. The van der Waals surface area contributed by atoms with Crippen LogP contribution in [-0.2, 0) is 11.2 Å². The van der Waals surface area contributed by atoms with Crippen molar-refractivity contribution in [1.82, 2.24) is 5.32 Å². The number of carbonyl (C=O) groups excluding carboxylic acids is 2. The first-order chi connectivity index (χ1) is 8.63. The number of nitrogens with one attached hydrogen (secondary N) is 1. The van der Waals surface area contributed by atoms with Crippen molar-refractivity contribution >= 4 is 11.8 Å². The van der Waals surface area contributed by atoms with Crippen molar-refractivity contribution in [2.45, 2.75) is 19.3 Å². The Morgan fingerprint density at radius 1 is 1.28 bits per heavy atom. The fourth-order valence-corrected chi connectivity index (χ4v) is 1.60. The smallest absolute Gasteiger partial charge is 0.251 e. The molecule has 0 radical (unpaired) electrons. The van der Waals surface area contributed by atoms with Crippen LogP contribution in [0.5, 0.6) is 0 Å². The van der Waals surface area contributed by atoms with Gasteiger partial charge in [-0.1, -0.05) is 12.1 Å². The van der Waals surface area contributed by atoms with Gasteiger partial charge in [-0.3, -0.25) is 9.59 Å². The number of primary amides is 1. The highest BCUT2D eigenvalue weighted by atomic mass is 16.2. The zero-order valence-corrected chi connectivity index (χ0v) is 10.3. The molecular weight excluding hydrogens is 230 g/mol. The Hall–Kier alpha value is -1.88. The van der Waals surface area contributed by atoms with Gasteiger partial charge >= 0.3 is 0 Å². The van der Waals surface area contributed by atoms with E-state index in [1.54, 1.807) is 6.07 Å². The van der Waals surface area contributed by atoms with Crippen LogP contribution in [0, 0.1) is 0 Å². The van der Waals surface area contributed by atoms with Crippen LogP contribution in [0.4, 0.5) is 0 Å². The first kappa shape index (κ1) is 14.2. The molecule has 0 spiro atoms. The Balaban J connectivity index is 2.45. The molecule has 1 aromatic carbocycles. The maximum Gasteiger partial charge on any atom is 0.251 e. The van der Waals surface area contributed by atoms with Crippen molar-refractivity contribution in [3.05, 3.63) is 35.4 Å². The molecule has 98 valence electrons. The quantitative estimate of drug-likeness (QED) is 0.601. The standard InChI is InChI=1S/C13H19N3O2/c14-7-6-10-3-1-4-11(9-10)13(18)16-8-2-5-12(15)17/h1,3-4,9H,2,5-8,14H2,(H2,15,17)(H,16,18). The van der Waals surface area contributed by atoms with Gasteiger partial charge in [0, 0.05) is 18.5 Å². The zero-order valence-electron chi connectivity index (χ0n) is 10.3. The molecule has 0 aliphatic rings. The third kappa shape index (κ3) is 4.97. The Morgan fingerprint density at radius 3 is 2.72 bits per heavy atom. The molecule has 5 N–H and O–H groups in total. The highest BCUT2D eigenvalue weighted by molar-refractivity contribution is 5.94. The van der Waals surface area contributed by atoms with E-state index in [0.717, 1.165) is 12.0 Å². The molecule has 0 fully saturated rings. The van der Waals surface area contributed by atoms with Crippen LogP contribution in [0.25, 0.3) is 0 Å². The largest absolute Gasteiger partial charge is 0.370 e. The summed E-state index contributed by atoms with van der Waals surface area (Å²) in [7, 11) is 0. The van der Waals surface area contributed by atoms with Gasteiger partial charge in [0.15, 0.2) is 0 Å². The van der Waals surface area contributed by atoms with Crippen LogP contribution in [0.3, 0.4) is 0 Å². The topological polar surface area (TPSA) is 98.2 Å². The molecule has 0 atom stereocenters. The Morgan fingerprint density at radius 2 is 2.06 bits per heavy atom. The molecule has 1 rings (SSSR count). The van der Waals surface area contributed by atoms with Crippen molar-refractivity contribution in [2.24, 2.45) is 11.5 Å². The molecule has 0 saturated heterocycles. The average molecular weight is 249 g/mol. The second-order valence-electron chi connectivity index (χ2n) is 4.06. The minimum Gasteiger partial charge on any atom is -0.370 e.